The van der Waals surface area contributed by atoms with Gasteiger partial charge in [0.1, 0.15) is 0 Å². The van der Waals surface area contributed by atoms with E-state index in [1.54, 1.807) is 12.1 Å². The average molecular weight is 433 g/mol. The van der Waals surface area contributed by atoms with E-state index in [2.05, 4.69) is 32.4 Å². The molecule has 0 spiro atoms. The van der Waals surface area contributed by atoms with Crippen LogP contribution in [0.2, 0.25) is 0 Å². The molecule has 8 heteroatoms. The first kappa shape index (κ1) is 19.2. The molecule has 1 aromatic carbocycles. The number of fused-ring (bicyclic) bond motifs is 1. The summed E-state index contributed by atoms with van der Waals surface area (Å²) >= 11 is 3.38. The molecular weight excluding hydrogens is 412 g/mol. The summed E-state index contributed by atoms with van der Waals surface area (Å²) in [6, 6.07) is 5.26. The Hall–Kier alpha value is -2.53. The van der Waals surface area contributed by atoms with Crippen LogP contribution >= 0.6 is 15.9 Å². The van der Waals surface area contributed by atoms with Crippen LogP contribution in [0.1, 0.15) is 42.6 Å². The molecule has 1 aliphatic rings. The number of amides is 1. The number of nitrogens with one attached hydrogen (secondary N) is 1. The molecule has 142 valence electrons. The van der Waals surface area contributed by atoms with Gasteiger partial charge in [-0.3, -0.25) is 9.48 Å². The predicted octanol–water partition coefficient (Wildman–Crippen LogP) is 3.03. The lowest BCUT2D eigenvalue weighted by Crippen LogP contribution is -2.34. The Labute approximate surface area is 166 Å². The molecule has 1 atom stereocenters. The Morgan fingerprint density at radius 1 is 1.48 bits per heavy atom. The highest BCUT2D eigenvalue weighted by atomic mass is 79.9. The molecular formula is C19H21BrN4O3. The van der Waals surface area contributed by atoms with Crippen LogP contribution in [0.25, 0.3) is 0 Å². The average Bonchev–Trinajstić information content (AvgIpc) is 3.03. The molecule has 1 aliphatic carbocycles. The maximum atomic E-state index is 12.4. The zero-order chi connectivity index (χ0) is 19.4. The third kappa shape index (κ3) is 4.25. The molecule has 0 bridgehead atoms. The van der Waals surface area contributed by atoms with E-state index in [4.69, 9.17) is 14.7 Å². The molecule has 27 heavy (non-hydrogen) atoms. The van der Waals surface area contributed by atoms with Gasteiger partial charge in [0.05, 0.1) is 35.0 Å². The minimum absolute atomic E-state index is 0.0469. The van der Waals surface area contributed by atoms with Crippen LogP contribution in [0, 0.1) is 11.3 Å². The SMILES string of the molecule is CCOc1cc(C#N)cc(Br)c1OCC(=O)NC1CCCc2c1cnn2C. The van der Waals surface area contributed by atoms with Crippen molar-refractivity contribution in [3.8, 4) is 17.6 Å². The molecule has 1 N–H and O–H groups in total. The van der Waals surface area contributed by atoms with E-state index in [1.165, 1.54) is 5.69 Å². The van der Waals surface area contributed by atoms with Crippen molar-refractivity contribution in [2.24, 2.45) is 7.05 Å². The van der Waals surface area contributed by atoms with E-state index in [0.717, 1.165) is 24.8 Å². The summed E-state index contributed by atoms with van der Waals surface area (Å²) in [5.41, 5.74) is 2.70. The maximum absolute atomic E-state index is 12.4. The fraction of sp³-hybridized carbons (Fsp3) is 0.421. The summed E-state index contributed by atoms with van der Waals surface area (Å²) < 4.78 is 13.7. The van der Waals surface area contributed by atoms with Crippen molar-refractivity contribution in [3.63, 3.8) is 0 Å². The van der Waals surface area contributed by atoms with Gasteiger partial charge in [-0.2, -0.15) is 10.4 Å². The number of hydrogen-bond donors (Lipinski definition) is 1. The summed E-state index contributed by atoms with van der Waals surface area (Å²) in [5.74, 6) is 0.635. The Kier molecular flexibility index (Phi) is 6.01. The lowest BCUT2D eigenvalue weighted by Gasteiger charge is -2.24. The van der Waals surface area contributed by atoms with Gasteiger partial charge in [0.25, 0.3) is 5.91 Å². The van der Waals surface area contributed by atoms with Crippen LogP contribution in [0.15, 0.2) is 22.8 Å². The second-order valence-corrected chi connectivity index (χ2v) is 7.16. The van der Waals surface area contributed by atoms with E-state index in [0.29, 0.717) is 28.1 Å². The van der Waals surface area contributed by atoms with E-state index >= 15 is 0 Å². The predicted molar refractivity (Wildman–Crippen MR) is 103 cm³/mol. The number of nitriles is 1. The molecule has 1 heterocycles. The van der Waals surface area contributed by atoms with Crippen LogP contribution in [0.3, 0.4) is 0 Å². The summed E-state index contributed by atoms with van der Waals surface area (Å²) in [4.78, 5) is 12.4. The molecule has 0 fully saturated rings. The van der Waals surface area contributed by atoms with Gasteiger partial charge in [-0.05, 0) is 48.2 Å². The van der Waals surface area contributed by atoms with Crippen LogP contribution in [0.5, 0.6) is 11.5 Å². The summed E-state index contributed by atoms with van der Waals surface area (Å²) in [7, 11) is 1.92. The van der Waals surface area contributed by atoms with Crippen LogP contribution < -0.4 is 14.8 Å². The fourth-order valence-corrected chi connectivity index (χ4v) is 3.82. The zero-order valence-corrected chi connectivity index (χ0v) is 16.9. The number of benzene rings is 1. The van der Waals surface area contributed by atoms with Crippen molar-refractivity contribution >= 4 is 21.8 Å². The van der Waals surface area contributed by atoms with Gasteiger partial charge in [-0.15, -0.1) is 0 Å². The smallest absolute Gasteiger partial charge is 0.258 e. The topological polar surface area (TPSA) is 89.2 Å². The van der Waals surface area contributed by atoms with E-state index in [-0.39, 0.29) is 18.6 Å². The maximum Gasteiger partial charge on any atom is 0.258 e. The van der Waals surface area contributed by atoms with Gasteiger partial charge in [0, 0.05) is 24.4 Å². The fourth-order valence-electron chi connectivity index (χ4n) is 3.27. The second kappa shape index (κ2) is 8.44. The van der Waals surface area contributed by atoms with E-state index < -0.39 is 0 Å². The first-order chi connectivity index (χ1) is 13.0. The zero-order valence-electron chi connectivity index (χ0n) is 15.3. The minimum Gasteiger partial charge on any atom is -0.490 e. The molecule has 0 aliphatic heterocycles. The molecule has 0 saturated carbocycles. The lowest BCUT2D eigenvalue weighted by molar-refractivity contribution is -0.124. The van der Waals surface area contributed by atoms with Gasteiger partial charge in [-0.25, -0.2) is 0 Å². The van der Waals surface area contributed by atoms with Gasteiger partial charge in [-0.1, -0.05) is 0 Å². The van der Waals surface area contributed by atoms with Crippen molar-refractivity contribution in [1.29, 1.82) is 5.26 Å². The van der Waals surface area contributed by atoms with Crippen LogP contribution in [0.4, 0.5) is 0 Å². The molecule has 1 amide bonds. The normalized spacial score (nSPS) is 15.6. The summed E-state index contributed by atoms with van der Waals surface area (Å²) in [6.45, 7) is 2.13. The van der Waals surface area contributed by atoms with Crippen LogP contribution in [-0.4, -0.2) is 28.9 Å². The minimum atomic E-state index is -0.213. The standard InChI is InChI=1S/C19H21BrN4O3/c1-3-26-17-8-12(9-21)7-14(20)19(17)27-11-18(25)23-15-5-4-6-16-13(15)10-22-24(16)2/h7-8,10,15H,3-6,11H2,1-2H3,(H,23,25). The number of halogens is 1. The monoisotopic (exact) mass is 432 g/mol. The Morgan fingerprint density at radius 2 is 2.30 bits per heavy atom. The number of ether oxygens (including phenoxy) is 2. The number of aryl methyl sites for hydroxylation is 1. The highest BCUT2D eigenvalue weighted by Crippen LogP contribution is 2.37. The Bertz CT molecular complexity index is 888. The van der Waals surface area contributed by atoms with Gasteiger partial charge in [0.2, 0.25) is 0 Å². The summed E-state index contributed by atoms with van der Waals surface area (Å²) in [6.07, 6.45) is 4.69. The first-order valence-electron chi connectivity index (χ1n) is 8.82. The first-order valence-corrected chi connectivity index (χ1v) is 9.62. The largest absolute Gasteiger partial charge is 0.490 e. The number of nitrogens with zero attached hydrogens (tertiary/aromatic N) is 3. The number of rotatable bonds is 6. The number of hydrogen-bond acceptors (Lipinski definition) is 5. The molecule has 7 nitrogen and oxygen atoms in total. The van der Waals surface area contributed by atoms with Gasteiger partial charge >= 0.3 is 0 Å². The molecule has 1 unspecified atom stereocenters. The quantitative estimate of drug-likeness (QED) is 0.757. The molecule has 0 saturated heterocycles. The third-order valence-corrected chi connectivity index (χ3v) is 5.09. The second-order valence-electron chi connectivity index (χ2n) is 6.30. The third-order valence-electron chi connectivity index (χ3n) is 4.50. The van der Waals surface area contributed by atoms with Gasteiger partial charge in [0.15, 0.2) is 18.1 Å². The Morgan fingerprint density at radius 3 is 3.04 bits per heavy atom. The van der Waals surface area contributed by atoms with Crippen molar-refractivity contribution in [2.75, 3.05) is 13.2 Å². The van der Waals surface area contributed by atoms with Crippen molar-refractivity contribution in [3.05, 3.63) is 39.6 Å². The Balaban J connectivity index is 1.67. The molecule has 3 rings (SSSR count). The van der Waals surface area contributed by atoms with Crippen molar-refractivity contribution in [1.82, 2.24) is 15.1 Å². The van der Waals surface area contributed by atoms with Gasteiger partial charge < -0.3 is 14.8 Å². The molecule has 1 aromatic heterocycles. The van der Waals surface area contributed by atoms with E-state index in [1.807, 2.05) is 24.9 Å². The van der Waals surface area contributed by atoms with Crippen LogP contribution in [-0.2, 0) is 18.3 Å². The van der Waals surface area contributed by atoms with E-state index in [9.17, 15) is 4.79 Å². The van der Waals surface area contributed by atoms with Crippen molar-refractivity contribution in [2.45, 2.75) is 32.2 Å². The molecule has 2 aromatic rings. The number of aromatic nitrogens is 2. The summed E-state index contributed by atoms with van der Waals surface area (Å²) in [5, 5.41) is 16.4. The highest BCUT2D eigenvalue weighted by molar-refractivity contribution is 9.10. The number of carbonyl (C=O) groups excluding carboxylic acids is 1. The number of carbonyl (C=O) groups is 1. The van der Waals surface area contributed by atoms with Crippen molar-refractivity contribution < 1.29 is 14.3 Å². The lowest BCUT2D eigenvalue weighted by atomic mass is 9.93. The highest BCUT2D eigenvalue weighted by Gasteiger charge is 2.25. The molecule has 0 radical (unpaired) electrons.